The van der Waals surface area contributed by atoms with E-state index in [1.165, 1.54) is 21.1 Å². The second-order valence-electron chi connectivity index (χ2n) is 8.70. The summed E-state index contributed by atoms with van der Waals surface area (Å²) in [6.07, 6.45) is -3.90. The third-order valence-electron chi connectivity index (χ3n) is 6.27. The molecule has 2 aromatic heterocycles. The number of nitrogens with one attached hydrogen (secondary N) is 1. The van der Waals surface area contributed by atoms with Crippen molar-refractivity contribution < 1.29 is 26.0 Å². The summed E-state index contributed by atoms with van der Waals surface area (Å²) in [4.78, 5) is 19.6. The van der Waals surface area contributed by atoms with Gasteiger partial charge in [0.15, 0.2) is 11.2 Å². The highest BCUT2D eigenvalue weighted by atomic mass is 32.2. The Morgan fingerprint density at radius 2 is 1.76 bits per heavy atom. The maximum absolute atomic E-state index is 13.6. The molecule has 3 heterocycles. The van der Waals surface area contributed by atoms with Gasteiger partial charge in [0.05, 0.1) is 17.0 Å². The number of aromatic nitrogens is 5. The first-order valence-electron chi connectivity index (χ1n) is 11.3. The number of rotatable bonds is 5. The van der Waals surface area contributed by atoms with Gasteiger partial charge in [0.1, 0.15) is 11.6 Å². The van der Waals surface area contributed by atoms with Gasteiger partial charge >= 0.3 is 6.18 Å². The fraction of sp³-hybridized carbons (Fsp3) is 0.304. The van der Waals surface area contributed by atoms with Crippen LogP contribution in [-0.4, -0.2) is 50.8 Å². The number of hydrogen-bond donors (Lipinski definition) is 1. The number of aromatic amines is 1. The van der Waals surface area contributed by atoms with Crippen LogP contribution in [0.1, 0.15) is 35.7 Å². The van der Waals surface area contributed by atoms with Gasteiger partial charge in [-0.05, 0) is 54.8 Å². The van der Waals surface area contributed by atoms with Crippen LogP contribution in [-0.2, 0) is 22.7 Å². The van der Waals surface area contributed by atoms with E-state index in [2.05, 4.69) is 20.3 Å². The number of nitrogens with zero attached hydrogens (tertiary/aromatic N) is 5. The molecule has 9 nitrogen and oxygen atoms in total. The van der Waals surface area contributed by atoms with Gasteiger partial charge in [-0.25, -0.2) is 22.5 Å². The minimum Gasteiger partial charge on any atom is -0.308 e. The summed E-state index contributed by atoms with van der Waals surface area (Å²) in [5, 5.41) is 7.85. The molecule has 0 aliphatic carbocycles. The van der Waals surface area contributed by atoms with Crippen molar-refractivity contribution >= 4 is 21.2 Å². The zero-order chi connectivity index (χ0) is 26.4. The number of piperidine rings is 1. The fourth-order valence-corrected chi connectivity index (χ4v) is 5.80. The lowest BCUT2D eigenvalue weighted by Gasteiger charge is -2.30. The zero-order valence-corrected chi connectivity index (χ0v) is 19.9. The Labute approximate surface area is 207 Å². The Morgan fingerprint density at radius 3 is 2.41 bits per heavy atom. The Bertz CT molecular complexity index is 1610. The number of hydrogen-bond acceptors (Lipinski definition) is 6. The van der Waals surface area contributed by atoms with E-state index in [0.29, 0.717) is 24.2 Å². The molecule has 0 spiro atoms. The molecule has 14 heteroatoms. The van der Waals surface area contributed by atoms with Crippen molar-refractivity contribution in [2.24, 2.45) is 0 Å². The Kier molecular flexibility index (Phi) is 6.31. The lowest BCUT2D eigenvalue weighted by atomic mass is 9.97. The summed E-state index contributed by atoms with van der Waals surface area (Å²) in [5.41, 5.74) is -0.561. The van der Waals surface area contributed by atoms with Crippen LogP contribution in [0.25, 0.3) is 11.2 Å². The highest BCUT2D eigenvalue weighted by Gasteiger charge is 2.33. The van der Waals surface area contributed by atoms with E-state index in [1.807, 2.05) is 0 Å². The monoisotopic (exact) mass is 536 g/mol. The zero-order valence-electron chi connectivity index (χ0n) is 19.1. The minimum absolute atomic E-state index is 0.0301. The largest absolute Gasteiger partial charge is 0.416 e. The molecule has 4 aromatic rings. The number of fused-ring (bicyclic) bond motifs is 1. The minimum atomic E-state index is -4.56. The maximum atomic E-state index is 13.6. The van der Waals surface area contributed by atoms with E-state index >= 15 is 0 Å². The average Bonchev–Trinajstić information content (AvgIpc) is 3.27. The number of H-pyrrole nitrogens is 1. The smallest absolute Gasteiger partial charge is 0.308 e. The molecule has 1 saturated heterocycles. The van der Waals surface area contributed by atoms with Crippen molar-refractivity contribution in [1.29, 1.82) is 0 Å². The van der Waals surface area contributed by atoms with Crippen LogP contribution >= 0.6 is 0 Å². The predicted molar refractivity (Wildman–Crippen MR) is 124 cm³/mol. The van der Waals surface area contributed by atoms with Gasteiger partial charge in [0.2, 0.25) is 10.0 Å². The molecule has 1 aliphatic rings. The quantitative estimate of drug-likeness (QED) is 0.392. The molecule has 2 aromatic carbocycles. The molecular weight excluding hydrogens is 516 g/mol. The topological polar surface area (TPSA) is 114 Å². The molecule has 5 rings (SSSR count). The number of benzene rings is 2. The first-order chi connectivity index (χ1) is 17.5. The highest BCUT2D eigenvalue weighted by molar-refractivity contribution is 7.89. The number of halogens is 4. The van der Waals surface area contributed by atoms with Gasteiger partial charge in [-0.3, -0.25) is 4.79 Å². The van der Waals surface area contributed by atoms with Crippen LogP contribution in [0.2, 0.25) is 0 Å². The van der Waals surface area contributed by atoms with E-state index in [9.17, 15) is 30.8 Å². The lowest BCUT2D eigenvalue weighted by Crippen LogP contribution is -2.38. The lowest BCUT2D eigenvalue weighted by molar-refractivity contribution is -0.137. The molecule has 0 unspecified atom stereocenters. The fourth-order valence-electron chi connectivity index (χ4n) is 4.33. The SMILES string of the molecule is O=c1[nH]c(C2CCN(S(=O)(=O)c3ccc(C(F)(F)F)cc3)CC2)nc2c1nnn2Cc1cccc(F)c1. The first-order valence-corrected chi connectivity index (χ1v) is 12.7. The van der Waals surface area contributed by atoms with Crippen molar-refractivity contribution in [3.63, 3.8) is 0 Å². The molecule has 0 atom stereocenters. The molecule has 194 valence electrons. The van der Waals surface area contributed by atoms with Crippen LogP contribution in [0.5, 0.6) is 0 Å². The van der Waals surface area contributed by atoms with Gasteiger partial charge in [-0.2, -0.15) is 17.5 Å². The van der Waals surface area contributed by atoms with Gasteiger partial charge in [0, 0.05) is 19.0 Å². The highest BCUT2D eigenvalue weighted by Crippen LogP contribution is 2.32. The molecule has 0 bridgehead atoms. The van der Waals surface area contributed by atoms with Crippen molar-refractivity contribution in [2.45, 2.75) is 36.4 Å². The summed E-state index contributed by atoms with van der Waals surface area (Å²) in [6.45, 7) is 0.334. The summed E-state index contributed by atoms with van der Waals surface area (Å²) in [5.74, 6) is -0.327. The van der Waals surface area contributed by atoms with Crippen molar-refractivity contribution in [1.82, 2.24) is 29.3 Å². The van der Waals surface area contributed by atoms with Gasteiger partial charge in [0.25, 0.3) is 5.56 Å². The summed E-state index contributed by atoms with van der Waals surface area (Å²) in [6, 6.07) is 9.30. The Balaban J connectivity index is 1.34. The molecule has 37 heavy (non-hydrogen) atoms. The molecular formula is C23H20F4N6O3S. The average molecular weight is 537 g/mol. The molecule has 1 N–H and O–H groups in total. The van der Waals surface area contributed by atoms with Gasteiger partial charge in [-0.1, -0.05) is 17.3 Å². The van der Waals surface area contributed by atoms with Crippen LogP contribution < -0.4 is 5.56 Å². The summed E-state index contributed by atoms with van der Waals surface area (Å²) >= 11 is 0. The first kappa shape index (κ1) is 25.0. The van der Waals surface area contributed by atoms with Crippen molar-refractivity contribution in [3.8, 4) is 0 Å². The number of sulfonamides is 1. The number of alkyl halides is 3. The van der Waals surface area contributed by atoms with E-state index in [4.69, 9.17) is 0 Å². The van der Waals surface area contributed by atoms with E-state index < -0.39 is 33.1 Å². The van der Waals surface area contributed by atoms with E-state index in [1.54, 1.807) is 12.1 Å². The summed E-state index contributed by atoms with van der Waals surface area (Å²) in [7, 11) is -3.99. The van der Waals surface area contributed by atoms with Crippen LogP contribution in [0.15, 0.2) is 58.2 Å². The van der Waals surface area contributed by atoms with Gasteiger partial charge < -0.3 is 4.98 Å². The molecule has 1 fully saturated rings. The second-order valence-corrected chi connectivity index (χ2v) is 10.6. The van der Waals surface area contributed by atoms with Gasteiger partial charge in [-0.15, -0.1) is 5.10 Å². The molecule has 0 amide bonds. The summed E-state index contributed by atoms with van der Waals surface area (Å²) < 4.78 is 80.5. The molecule has 0 radical (unpaired) electrons. The standard InChI is InChI=1S/C23H20F4N6O3S/c24-17-3-1-2-14(12-17)13-33-21-19(30-31-33)22(34)29-20(28-21)15-8-10-32(11-9-15)37(35,36)18-6-4-16(5-7-18)23(25,26)27/h1-7,12,15H,8-11,13H2,(H,28,29,34). The van der Waals surface area contributed by atoms with E-state index in [0.717, 1.165) is 24.3 Å². The third kappa shape index (κ3) is 4.98. The normalized spacial score (nSPS) is 15.9. The Morgan fingerprint density at radius 1 is 1.05 bits per heavy atom. The van der Waals surface area contributed by atoms with Crippen molar-refractivity contribution in [2.75, 3.05) is 13.1 Å². The van der Waals surface area contributed by atoms with E-state index in [-0.39, 0.29) is 41.6 Å². The predicted octanol–water partition coefficient (Wildman–Crippen LogP) is 3.29. The van der Waals surface area contributed by atoms with Crippen LogP contribution in [0.3, 0.4) is 0 Å². The molecule has 0 saturated carbocycles. The van der Waals surface area contributed by atoms with Crippen molar-refractivity contribution in [3.05, 3.63) is 81.7 Å². The Hall–Kier alpha value is -3.65. The molecule has 1 aliphatic heterocycles. The second kappa shape index (κ2) is 9.34. The van der Waals surface area contributed by atoms with Crippen LogP contribution in [0, 0.1) is 5.82 Å². The van der Waals surface area contributed by atoms with Crippen LogP contribution in [0.4, 0.5) is 17.6 Å². The third-order valence-corrected chi connectivity index (χ3v) is 8.19. The maximum Gasteiger partial charge on any atom is 0.416 e.